The van der Waals surface area contributed by atoms with Crippen LogP contribution in [0.25, 0.3) is 0 Å². The Balaban J connectivity index is 2.26. The summed E-state index contributed by atoms with van der Waals surface area (Å²) >= 11 is 15.8. The van der Waals surface area contributed by atoms with Crippen molar-refractivity contribution in [3.8, 4) is 0 Å². The van der Waals surface area contributed by atoms with Crippen molar-refractivity contribution in [3.63, 3.8) is 0 Å². The minimum atomic E-state index is 0.198. The Bertz CT molecular complexity index is 613. The fourth-order valence-corrected chi connectivity index (χ4v) is 2.98. The van der Waals surface area contributed by atoms with Gasteiger partial charge in [0.15, 0.2) is 0 Å². The molecule has 2 aromatic carbocycles. The smallest absolute Gasteiger partial charge is 0.0548 e. The first-order chi connectivity index (χ1) is 9.51. The molecule has 0 amide bonds. The van der Waals surface area contributed by atoms with Gasteiger partial charge in [0, 0.05) is 15.5 Å². The Morgan fingerprint density at radius 2 is 1.85 bits per heavy atom. The monoisotopic (exact) mass is 371 g/mol. The third-order valence-corrected chi connectivity index (χ3v) is 4.89. The van der Waals surface area contributed by atoms with Crippen LogP contribution in [0.3, 0.4) is 0 Å². The molecule has 0 saturated carbocycles. The van der Waals surface area contributed by atoms with Crippen LogP contribution in [0.1, 0.15) is 22.7 Å². The van der Waals surface area contributed by atoms with Crippen LogP contribution in [0.2, 0.25) is 10.0 Å². The second-order valence-corrected chi connectivity index (χ2v) is 6.48. The maximum atomic E-state index is 6.32. The van der Waals surface area contributed by atoms with Gasteiger partial charge in [-0.1, -0.05) is 41.4 Å². The first-order valence-corrected chi connectivity index (χ1v) is 7.93. The highest BCUT2D eigenvalue weighted by molar-refractivity contribution is 9.10. The molecule has 0 aliphatic rings. The van der Waals surface area contributed by atoms with Gasteiger partial charge in [0.25, 0.3) is 0 Å². The molecule has 4 heteroatoms. The SMILES string of the molecule is CNC(Cc1ccc(C)cc1Cl)c1ccc(Cl)c(Br)c1. The van der Waals surface area contributed by atoms with Crippen molar-refractivity contribution in [2.24, 2.45) is 0 Å². The number of nitrogens with one attached hydrogen (secondary N) is 1. The maximum Gasteiger partial charge on any atom is 0.0548 e. The fraction of sp³-hybridized carbons (Fsp3) is 0.250. The van der Waals surface area contributed by atoms with Gasteiger partial charge in [-0.15, -0.1) is 0 Å². The zero-order chi connectivity index (χ0) is 14.7. The lowest BCUT2D eigenvalue weighted by Gasteiger charge is -2.18. The van der Waals surface area contributed by atoms with E-state index in [-0.39, 0.29) is 6.04 Å². The second kappa shape index (κ2) is 6.95. The zero-order valence-corrected chi connectivity index (χ0v) is 14.5. The third-order valence-electron chi connectivity index (χ3n) is 3.33. The maximum absolute atomic E-state index is 6.32. The van der Waals surface area contributed by atoms with Gasteiger partial charge in [-0.05, 0) is 71.2 Å². The molecule has 1 N–H and O–H groups in total. The molecule has 0 heterocycles. The average molecular weight is 373 g/mol. The lowest BCUT2D eigenvalue weighted by molar-refractivity contribution is 0.592. The van der Waals surface area contributed by atoms with E-state index in [1.54, 1.807) is 0 Å². The number of likely N-dealkylation sites (N-methyl/N-ethyl adjacent to an activating group) is 1. The van der Waals surface area contributed by atoms with Gasteiger partial charge in [0.1, 0.15) is 0 Å². The summed E-state index contributed by atoms with van der Waals surface area (Å²) < 4.78 is 0.909. The Kier molecular flexibility index (Phi) is 5.50. The molecular weight excluding hydrogens is 357 g/mol. The van der Waals surface area contributed by atoms with E-state index in [1.807, 2.05) is 38.2 Å². The van der Waals surface area contributed by atoms with Gasteiger partial charge in [0.2, 0.25) is 0 Å². The highest BCUT2D eigenvalue weighted by Gasteiger charge is 2.13. The van der Waals surface area contributed by atoms with Gasteiger partial charge in [0.05, 0.1) is 5.02 Å². The van der Waals surface area contributed by atoms with E-state index in [4.69, 9.17) is 23.2 Å². The van der Waals surface area contributed by atoms with Gasteiger partial charge in [-0.25, -0.2) is 0 Å². The van der Waals surface area contributed by atoms with Crippen LogP contribution in [0, 0.1) is 6.92 Å². The third kappa shape index (κ3) is 3.76. The summed E-state index contributed by atoms with van der Waals surface area (Å²) in [6.07, 6.45) is 0.837. The number of benzene rings is 2. The molecule has 0 bridgehead atoms. The van der Waals surface area contributed by atoms with Crippen molar-refractivity contribution in [1.82, 2.24) is 5.32 Å². The summed E-state index contributed by atoms with van der Waals surface area (Å²) in [5.41, 5.74) is 3.50. The van der Waals surface area contributed by atoms with Gasteiger partial charge in [-0.3, -0.25) is 0 Å². The molecule has 20 heavy (non-hydrogen) atoms. The standard InChI is InChI=1S/C16H16BrCl2N/c1-10-3-4-11(15(19)7-10)9-16(20-2)12-5-6-14(18)13(17)8-12/h3-8,16,20H,9H2,1-2H3. The lowest BCUT2D eigenvalue weighted by Crippen LogP contribution is -2.19. The number of hydrogen-bond acceptors (Lipinski definition) is 1. The first-order valence-electron chi connectivity index (χ1n) is 6.38. The van der Waals surface area contributed by atoms with Crippen molar-refractivity contribution >= 4 is 39.1 Å². The van der Waals surface area contributed by atoms with Crippen LogP contribution in [-0.2, 0) is 6.42 Å². The van der Waals surface area contributed by atoms with Gasteiger partial charge in [-0.2, -0.15) is 0 Å². The summed E-state index contributed by atoms with van der Waals surface area (Å²) in [5.74, 6) is 0. The highest BCUT2D eigenvalue weighted by atomic mass is 79.9. The molecule has 1 atom stereocenters. The quantitative estimate of drug-likeness (QED) is 0.739. The number of halogens is 3. The second-order valence-electron chi connectivity index (χ2n) is 4.81. The normalized spacial score (nSPS) is 12.4. The van der Waals surface area contributed by atoms with Crippen LogP contribution in [0.15, 0.2) is 40.9 Å². The van der Waals surface area contributed by atoms with E-state index < -0.39 is 0 Å². The first kappa shape index (κ1) is 15.8. The van der Waals surface area contributed by atoms with E-state index in [0.717, 1.165) is 26.5 Å². The van der Waals surface area contributed by atoms with Gasteiger partial charge >= 0.3 is 0 Å². The van der Waals surface area contributed by atoms with Gasteiger partial charge < -0.3 is 5.32 Å². The number of hydrogen-bond donors (Lipinski definition) is 1. The van der Waals surface area contributed by atoms with E-state index >= 15 is 0 Å². The topological polar surface area (TPSA) is 12.0 Å². The van der Waals surface area contributed by atoms with E-state index in [9.17, 15) is 0 Å². The molecule has 1 unspecified atom stereocenters. The Morgan fingerprint density at radius 3 is 2.45 bits per heavy atom. The average Bonchev–Trinajstić information content (AvgIpc) is 2.41. The molecule has 0 fully saturated rings. The van der Waals surface area contributed by atoms with E-state index in [0.29, 0.717) is 0 Å². The summed E-state index contributed by atoms with van der Waals surface area (Å²) in [5, 5.41) is 4.87. The van der Waals surface area contributed by atoms with E-state index in [2.05, 4.69) is 33.4 Å². The van der Waals surface area contributed by atoms with Crippen LogP contribution in [0.5, 0.6) is 0 Å². The molecule has 0 saturated heterocycles. The lowest BCUT2D eigenvalue weighted by atomic mass is 9.98. The Labute approximate surface area is 138 Å². The molecule has 0 spiro atoms. The molecule has 0 aromatic heterocycles. The largest absolute Gasteiger partial charge is 0.313 e. The number of aryl methyl sites for hydroxylation is 1. The summed E-state index contributed by atoms with van der Waals surface area (Å²) in [7, 11) is 1.95. The molecule has 2 aromatic rings. The van der Waals surface area contributed by atoms with Crippen LogP contribution in [0.4, 0.5) is 0 Å². The van der Waals surface area contributed by atoms with E-state index in [1.165, 1.54) is 11.1 Å². The molecular formula is C16H16BrCl2N. The minimum Gasteiger partial charge on any atom is -0.313 e. The zero-order valence-electron chi connectivity index (χ0n) is 11.4. The van der Waals surface area contributed by atoms with Crippen LogP contribution in [-0.4, -0.2) is 7.05 Å². The molecule has 2 rings (SSSR count). The summed E-state index contributed by atoms with van der Waals surface area (Å²) in [4.78, 5) is 0. The minimum absolute atomic E-state index is 0.198. The van der Waals surface area contributed by atoms with Crippen LogP contribution >= 0.6 is 39.1 Å². The molecule has 106 valence electrons. The van der Waals surface area contributed by atoms with Crippen molar-refractivity contribution < 1.29 is 0 Å². The molecule has 0 radical (unpaired) electrons. The number of rotatable bonds is 4. The Morgan fingerprint density at radius 1 is 1.10 bits per heavy atom. The molecule has 1 nitrogen and oxygen atoms in total. The molecule has 0 aliphatic heterocycles. The summed E-state index contributed by atoms with van der Waals surface area (Å²) in [6.45, 7) is 2.04. The van der Waals surface area contributed by atoms with Crippen molar-refractivity contribution in [2.75, 3.05) is 7.05 Å². The predicted octanol–water partition coefficient (Wildman–Crippen LogP) is 5.57. The molecule has 0 aliphatic carbocycles. The Hall–Kier alpha value is -0.540. The van der Waals surface area contributed by atoms with Crippen molar-refractivity contribution in [2.45, 2.75) is 19.4 Å². The van der Waals surface area contributed by atoms with Crippen molar-refractivity contribution in [3.05, 3.63) is 67.6 Å². The highest BCUT2D eigenvalue weighted by Crippen LogP contribution is 2.29. The summed E-state index contributed by atoms with van der Waals surface area (Å²) in [6, 6.07) is 12.4. The predicted molar refractivity (Wildman–Crippen MR) is 90.8 cm³/mol. The van der Waals surface area contributed by atoms with Crippen molar-refractivity contribution in [1.29, 1.82) is 0 Å². The fourth-order valence-electron chi connectivity index (χ4n) is 2.15. The van der Waals surface area contributed by atoms with Crippen LogP contribution < -0.4 is 5.32 Å².